The van der Waals surface area contributed by atoms with E-state index in [0.29, 0.717) is 6.04 Å². The molecule has 112 valence electrons. The zero-order chi connectivity index (χ0) is 14.1. The zero-order valence-corrected chi connectivity index (χ0v) is 14.0. The maximum atomic E-state index is 5.98. The molecule has 0 saturated heterocycles. The van der Waals surface area contributed by atoms with Crippen LogP contribution < -0.4 is 10.1 Å². The fourth-order valence-electron chi connectivity index (χ4n) is 5.92. The summed E-state index contributed by atoms with van der Waals surface area (Å²) in [6.45, 7) is 0.845. The van der Waals surface area contributed by atoms with Gasteiger partial charge in [0, 0.05) is 22.5 Å². The molecule has 5 rings (SSSR count). The summed E-state index contributed by atoms with van der Waals surface area (Å²) < 4.78 is 7.18. The second-order valence-corrected chi connectivity index (χ2v) is 8.33. The fraction of sp³-hybridized carbons (Fsp3) is 0.667. The highest BCUT2D eigenvalue weighted by Gasteiger charge is 2.66. The van der Waals surface area contributed by atoms with Crippen LogP contribution in [0.25, 0.3) is 0 Å². The summed E-state index contributed by atoms with van der Waals surface area (Å²) in [5.74, 6) is 6.08. The highest BCUT2D eigenvalue weighted by molar-refractivity contribution is 9.10. The van der Waals surface area contributed by atoms with E-state index in [2.05, 4.69) is 40.4 Å². The van der Waals surface area contributed by atoms with E-state index in [1.165, 1.54) is 40.6 Å². The minimum absolute atomic E-state index is 0.479. The van der Waals surface area contributed by atoms with E-state index in [-0.39, 0.29) is 0 Å². The lowest BCUT2D eigenvalue weighted by molar-refractivity contribution is 0.336. The molecule has 3 aliphatic carbocycles. The van der Waals surface area contributed by atoms with Gasteiger partial charge in [0.25, 0.3) is 0 Å². The number of ether oxygens (including phenoxy) is 1. The van der Waals surface area contributed by atoms with Gasteiger partial charge in [0.15, 0.2) is 0 Å². The van der Waals surface area contributed by atoms with Crippen molar-refractivity contribution in [1.29, 1.82) is 0 Å². The van der Waals surface area contributed by atoms with Crippen LogP contribution in [0.15, 0.2) is 16.6 Å². The average molecular weight is 348 g/mol. The highest BCUT2D eigenvalue weighted by atomic mass is 79.9. The van der Waals surface area contributed by atoms with Crippen LogP contribution in [0.4, 0.5) is 0 Å². The van der Waals surface area contributed by atoms with Crippen LogP contribution in [-0.2, 0) is 6.42 Å². The lowest BCUT2D eigenvalue weighted by atomic mass is 9.91. The Morgan fingerprint density at radius 1 is 1.24 bits per heavy atom. The molecule has 4 aliphatic rings. The average Bonchev–Trinajstić information content (AvgIpc) is 2.89. The van der Waals surface area contributed by atoms with Gasteiger partial charge in [-0.15, -0.1) is 0 Å². The Morgan fingerprint density at radius 3 is 2.71 bits per heavy atom. The maximum absolute atomic E-state index is 5.98. The first-order valence-corrected chi connectivity index (χ1v) is 9.19. The molecular formula is C18H22BrNO. The third kappa shape index (κ3) is 1.74. The summed E-state index contributed by atoms with van der Waals surface area (Å²) in [6, 6.07) is 5.00. The van der Waals surface area contributed by atoms with Crippen molar-refractivity contribution in [3.63, 3.8) is 0 Å². The van der Waals surface area contributed by atoms with Crippen molar-refractivity contribution in [2.45, 2.75) is 31.7 Å². The first-order chi connectivity index (χ1) is 10.3. The van der Waals surface area contributed by atoms with Gasteiger partial charge in [-0.1, -0.05) is 15.9 Å². The Kier molecular flexibility index (Phi) is 2.76. The van der Waals surface area contributed by atoms with Crippen LogP contribution in [0, 0.1) is 29.6 Å². The summed E-state index contributed by atoms with van der Waals surface area (Å²) in [5, 5.41) is 3.63. The van der Waals surface area contributed by atoms with Crippen molar-refractivity contribution in [2.75, 3.05) is 13.7 Å². The molecule has 0 spiro atoms. The minimum atomic E-state index is 0.479. The molecule has 1 heterocycles. The lowest BCUT2D eigenvalue weighted by Crippen LogP contribution is -2.22. The van der Waals surface area contributed by atoms with E-state index in [9.17, 15) is 0 Å². The van der Waals surface area contributed by atoms with Gasteiger partial charge in [-0.05, 0) is 73.6 Å². The predicted octanol–water partition coefficient (Wildman–Crippen LogP) is 3.94. The molecule has 5 unspecified atom stereocenters. The minimum Gasteiger partial charge on any atom is -0.493 e. The van der Waals surface area contributed by atoms with E-state index >= 15 is 0 Å². The molecule has 5 atom stereocenters. The van der Waals surface area contributed by atoms with E-state index in [1.807, 2.05) is 0 Å². The molecule has 3 saturated carbocycles. The van der Waals surface area contributed by atoms with Crippen molar-refractivity contribution >= 4 is 15.9 Å². The summed E-state index contributed by atoms with van der Waals surface area (Å²) in [4.78, 5) is 0. The molecule has 1 N–H and O–H groups in total. The summed E-state index contributed by atoms with van der Waals surface area (Å²) in [7, 11) is 2.13. The second-order valence-electron chi connectivity index (χ2n) is 7.41. The summed E-state index contributed by atoms with van der Waals surface area (Å²) in [6.07, 6.45) is 5.56. The van der Waals surface area contributed by atoms with Gasteiger partial charge in [0.1, 0.15) is 5.75 Å². The monoisotopic (exact) mass is 347 g/mol. The maximum Gasteiger partial charge on any atom is 0.127 e. The van der Waals surface area contributed by atoms with E-state index < -0.39 is 0 Å². The van der Waals surface area contributed by atoms with Gasteiger partial charge in [0.05, 0.1) is 6.61 Å². The van der Waals surface area contributed by atoms with Gasteiger partial charge in [-0.3, -0.25) is 0 Å². The molecule has 1 aromatic carbocycles. The van der Waals surface area contributed by atoms with E-state index in [4.69, 9.17) is 4.74 Å². The molecule has 2 bridgehead atoms. The number of benzene rings is 1. The molecule has 3 heteroatoms. The third-order valence-corrected chi connectivity index (χ3v) is 7.06. The number of rotatable bonds is 3. The Balaban J connectivity index is 1.52. The number of hydrogen-bond acceptors (Lipinski definition) is 2. The molecule has 0 aromatic heterocycles. The number of nitrogens with one attached hydrogen (secondary N) is 1. The van der Waals surface area contributed by atoms with E-state index in [0.717, 1.165) is 42.6 Å². The molecule has 21 heavy (non-hydrogen) atoms. The highest BCUT2D eigenvalue weighted by Crippen LogP contribution is 2.72. The standard InChI is InChI=1S/C18H22BrNO/c1-20-17(16-14-9-2-3-10(6-9)15(14)16)13-8-12(19)7-11-4-5-21-18(11)13/h7-10,14-17,20H,2-6H2,1H3. The van der Waals surface area contributed by atoms with Crippen molar-refractivity contribution in [2.24, 2.45) is 29.6 Å². The number of fused-ring (bicyclic) bond motifs is 6. The Labute approximate surface area is 134 Å². The quantitative estimate of drug-likeness (QED) is 0.894. The van der Waals surface area contributed by atoms with Crippen molar-refractivity contribution in [1.82, 2.24) is 5.32 Å². The zero-order valence-electron chi connectivity index (χ0n) is 12.4. The van der Waals surface area contributed by atoms with Crippen LogP contribution in [-0.4, -0.2) is 13.7 Å². The smallest absolute Gasteiger partial charge is 0.127 e. The van der Waals surface area contributed by atoms with Crippen LogP contribution in [0.1, 0.15) is 36.4 Å². The van der Waals surface area contributed by atoms with Gasteiger partial charge in [-0.25, -0.2) is 0 Å². The molecule has 0 amide bonds. The predicted molar refractivity (Wildman–Crippen MR) is 86.4 cm³/mol. The van der Waals surface area contributed by atoms with Crippen LogP contribution in [0.3, 0.4) is 0 Å². The van der Waals surface area contributed by atoms with E-state index in [1.54, 1.807) is 0 Å². The van der Waals surface area contributed by atoms with Gasteiger partial charge < -0.3 is 10.1 Å². The normalized spacial score (nSPS) is 39.8. The molecule has 2 nitrogen and oxygen atoms in total. The Hall–Kier alpha value is -0.540. The Bertz CT molecular complexity index is 585. The van der Waals surface area contributed by atoms with Crippen molar-refractivity contribution in [3.8, 4) is 5.75 Å². The van der Waals surface area contributed by atoms with Crippen molar-refractivity contribution < 1.29 is 4.74 Å². The number of hydrogen-bond donors (Lipinski definition) is 1. The lowest BCUT2D eigenvalue weighted by Gasteiger charge is -2.23. The second kappa shape index (κ2) is 4.48. The topological polar surface area (TPSA) is 21.3 Å². The van der Waals surface area contributed by atoms with Gasteiger partial charge in [-0.2, -0.15) is 0 Å². The van der Waals surface area contributed by atoms with Gasteiger partial charge in [0.2, 0.25) is 0 Å². The van der Waals surface area contributed by atoms with Crippen molar-refractivity contribution in [3.05, 3.63) is 27.7 Å². The largest absolute Gasteiger partial charge is 0.493 e. The first kappa shape index (κ1) is 13.0. The summed E-state index contributed by atoms with van der Waals surface area (Å²) in [5.41, 5.74) is 2.78. The third-order valence-electron chi connectivity index (χ3n) is 6.60. The molecule has 0 radical (unpaired) electrons. The number of halogens is 1. The van der Waals surface area contributed by atoms with Crippen LogP contribution >= 0.6 is 15.9 Å². The SMILES string of the molecule is CNC(c1cc(Br)cc2c1OCC2)C1C2C3CCC(C3)C21. The van der Waals surface area contributed by atoms with Crippen LogP contribution in [0.2, 0.25) is 0 Å². The summed E-state index contributed by atoms with van der Waals surface area (Å²) >= 11 is 3.70. The van der Waals surface area contributed by atoms with Gasteiger partial charge >= 0.3 is 0 Å². The molecular weight excluding hydrogens is 326 g/mol. The first-order valence-electron chi connectivity index (χ1n) is 8.40. The Morgan fingerprint density at radius 2 is 2.00 bits per heavy atom. The molecule has 1 aromatic rings. The molecule has 1 aliphatic heterocycles. The molecule has 3 fully saturated rings. The van der Waals surface area contributed by atoms with Crippen LogP contribution in [0.5, 0.6) is 5.75 Å². The fourth-order valence-corrected chi connectivity index (χ4v) is 6.45.